The molecular formula is C10H19NO2S. The molecule has 0 aromatic rings. The number of aliphatic hydroxyl groups is 1. The number of nitrogens with zero attached hydrogens (tertiary/aromatic N) is 1. The molecule has 1 aliphatic heterocycles. The van der Waals surface area contributed by atoms with E-state index in [9.17, 15) is 9.90 Å². The molecule has 0 aromatic carbocycles. The lowest BCUT2D eigenvalue weighted by atomic mass is 9.93. The summed E-state index contributed by atoms with van der Waals surface area (Å²) in [7, 11) is 0. The van der Waals surface area contributed by atoms with E-state index in [-0.39, 0.29) is 17.9 Å². The van der Waals surface area contributed by atoms with Crippen LogP contribution >= 0.6 is 11.8 Å². The van der Waals surface area contributed by atoms with Crippen LogP contribution in [0.15, 0.2) is 0 Å². The molecule has 82 valence electrons. The topological polar surface area (TPSA) is 40.5 Å². The molecule has 2 atom stereocenters. The molecule has 1 amide bonds. The Bertz CT molecular complexity index is 202. The average molecular weight is 217 g/mol. The normalized spacial score (nSPS) is 21.6. The summed E-state index contributed by atoms with van der Waals surface area (Å²) in [4.78, 5) is 13.6. The highest BCUT2D eigenvalue weighted by atomic mass is 32.2. The number of likely N-dealkylation sites (tertiary alicyclic amines) is 1. The highest BCUT2D eigenvalue weighted by molar-refractivity contribution is 7.98. The van der Waals surface area contributed by atoms with Gasteiger partial charge in [0.2, 0.25) is 5.91 Å². The Labute approximate surface area is 89.9 Å². The Morgan fingerprint density at radius 1 is 1.57 bits per heavy atom. The molecule has 1 heterocycles. The van der Waals surface area contributed by atoms with Crippen LogP contribution < -0.4 is 0 Å². The number of hydrogen-bond acceptors (Lipinski definition) is 3. The number of rotatable bonds is 4. The zero-order valence-electron chi connectivity index (χ0n) is 9.06. The van der Waals surface area contributed by atoms with Crippen molar-refractivity contribution < 1.29 is 9.90 Å². The van der Waals surface area contributed by atoms with Gasteiger partial charge in [-0.1, -0.05) is 6.92 Å². The van der Waals surface area contributed by atoms with Gasteiger partial charge in [-0.15, -0.1) is 0 Å². The maximum absolute atomic E-state index is 11.7. The van der Waals surface area contributed by atoms with Crippen molar-refractivity contribution in [2.24, 2.45) is 11.8 Å². The molecule has 14 heavy (non-hydrogen) atoms. The van der Waals surface area contributed by atoms with Gasteiger partial charge < -0.3 is 10.0 Å². The fourth-order valence-corrected chi connectivity index (χ4v) is 2.27. The van der Waals surface area contributed by atoms with E-state index in [0.717, 1.165) is 18.8 Å². The van der Waals surface area contributed by atoms with Gasteiger partial charge in [0.05, 0.1) is 6.10 Å². The van der Waals surface area contributed by atoms with Gasteiger partial charge >= 0.3 is 0 Å². The minimum absolute atomic E-state index is 0.111. The van der Waals surface area contributed by atoms with E-state index in [2.05, 4.69) is 0 Å². The predicted molar refractivity (Wildman–Crippen MR) is 59.3 cm³/mol. The van der Waals surface area contributed by atoms with Gasteiger partial charge in [-0.25, -0.2) is 0 Å². The zero-order chi connectivity index (χ0) is 10.7. The van der Waals surface area contributed by atoms with E-state index in [4.69, 9.17) is 0 Å². The van der Waals surface area contributed by atoms with Crippen LogP contribution in [0.4, 0.5) is 0 Å². The lowest BCUT2D eigenvalue weighted by Gasteiger charge is -2.42. The van der Waals surface area contributed by atoms with Crippen molar-refractivity contribution in [2.75, 3.05) is 25.1 Å². The monoisotopic (exact) mass is 217 g/mol. The fourth-order valence-electron chi connectivity index (χ4n) is 1.63. The summed E-state index contributed by atoms with van der Waals surface area (Å²) < 4.78 is 0. The highest BCUT2D eigenvalue weighted by Gasteiger charge is 2.34. The van der Waals surface area contributed by atoms with Crippen LogP contribution in [0.5, 0.6) is 0 Å². The smallest absolute Gasteiger partial charge is 0.226 e. The Morgan fingerprint density at radius 3 is 2.57 bits per heavy atom. The number of aliphatic hydroxyl groups excluding tert-OH is 1. The molecule has 0 aliphatic carbocycles. The maximum atomic E-state index is 11.7. The molecule has 1 aliphatic rings. The van der Waals surface area contributed by atoms with Crippen molar-refractivity contribution >= 4 is 17.7 Å². The van der Waals surface area contributed by atoms with Gasteiger partial charge in [0.1, 0.15) is 0 Å². The number of amides is 1. The van der Waals surface area contributed by atoms with E-state index in [1.54, 1.807) is 18.7 Å². The molecular weight excluding hydrogens is 198 g/mol. The zero-order valence-corrected chi connectivity index (χ0v) is 9.88. The standard InChI is InChI=1S/C10H19NO2S/c1-7(6-14-3)10(13)11-4-9(5-11)8(2)12/h7-9,12H,4-6H2,1-3H3. The van der Waals surface area contributed by atoms with E-state index in [1.165, 1.54) is 0 Å². The number of hydrogen-bond donors (Lipinski definition) is 1. The minimum Gasteiger partial charge on any atom is -0.393 e. The second-order valence-electron chi connectivity index (χ2n) is 4.10. The summed E-state index contributed by atoms with van der Waals surface area (Å²) in [6, 6.07) is 0. The quantitative estimate of drug-likeness (QED) is 0.758. The Morgan fingerprint density at radius 2 is 2.14 bits per heavy atom. The first-order valence-electron chi connectivity index (χ1n) is 5.02. The van der Waals surface area contributed by atoms with Crippen molar-refractivity contribution in [3.05, 3.63) is 0 Å². The van der Waals surface area contributed by atoms with Gasteiger partial charge in [0, 0.05) is 30.7 Å². The summed E-state index contributed by atoms with van der Waals surface area (Å²) in [5, 5.41) is 9.27. The molecule has 0 radical (unpaired) electrons. The third-order valence-electron chi connectivity index (χ3n) is 2.74. The Balaban J connectivity index is 2.29. The molecule has 0 aromatic heterocycles. The summed E-state index contributed by atoms with van der Waals surface area (Å²) in [5.74, 6) is 1.52. The Kier molecular flexibility index (Phi) is 4.26. The van der Waals surface area contributed by atoms with Crippen LogP contribution in [-0.4, -0.2) is 47.1 Å². The molecule has 0 saturated carbocycles. The third kappa shape index (κ3) is 2.64. The number of thioether (sulfide) groups is 1. The highest BCUT2D eigenvalue weighted by Crippen LogP contribution is 2.22. The molecule has 1 rings (SSSR count). The van der Waals surface area contributed by atoms with Crippen LogP contribution in [0.3, 0.4) is 0 Å². The van der Waals surface area contributed by atoms with E-state index < -0.39 is 0 Å². The average Bonchev–Trinajstić information content (AvgIpc) is 2.00. The first-order chi connectivity index (χ1) is 6.56. The summed E-state index contributed by atoms with van der Waals surface area (Å²) in [5.41, 5.74) is 0. The molecule has 1 saturated heterocycles. The SMILES string of the molecule is CSCC(C)C(=O)N1CC(C(C)O)C1. The lowest BCUT2D eigenvalue weighted by molar-refractivity contribution is -0.143. The molecule has 2 unspecified atom stereocenters. The molecule has 1 fully saturated rings. The summed E-state index contributed by atoms with van der Waals surface area (Å²) >= 11 is 1.70. The minimum atomic E-state index is -0.282. The molecule has 4 heteroatoms. The molecule has 0 spiro atoms. The maximum Gasteiger partial charge on any atom is 0.226 e. The van der Waals surface area contributed by atoms with Crippen LogP contribution in [-0.2, 0) is 4.79 Å². The molecule has 0 bridgehead atoms. The van der Waals surface area contributed by atoms with Crippen molar-refractivity contribution in [1.82, 2.24) is 4.90 Å². The van der Waals surface area contributed by atoms with Crippen molar-refractivity contribution in [3.8, 4) is 0 Å². The van der Waals surface area contributed by atoms with Gasteiger partial charge in [-0.3, -0.25) is 4.79 Å². The Hall–Kier alpha value is -0.220. The number of carbonyl (C=O) groups excluding carboxylic acids is 1. The fraction of sp³-hybridized carbons (Fsp3) is 0.900. The largest absolute Gasteiger partial charge is 0.393 e. The van der Waals surface area contributed by atoms with Gasteiger partial charge in [0.25, 0.3) is 0 Å². The van der Waals surface area contributed by atoms with Gasteiger partial charge in [-0.05, 0) is 13.2 Å². The predicted octanol–water partition coefficient (Wildman–Crippen LogP) is 0.825. The van der Waals surface area contributed by atoms with Crippen LogP contribution in [0.25, 0.3) is 0 Å². The van der Waals surface area contributed by atoms with Crippen LogP contribution in [0, 0.1) is 11.8 Å². The summed E-state index contributed by atoms with van der Waals surface area (Å²) in [6.07, 6.45) is 1.73. The molecule has 3 nitrogen and oxygen atoms in total. The first-order valence-corrected chi connectivity index (χ1v) is 6.41. The van der Waals surface area contributed by atoms with Gasteiger partial charge in [-0.2, -0.15) is 11.8 Å². The third-order valence-corrected chi connectivity index (χ3v) is 3.58. The summed E-state index contributed by atoms with van der Waals surface area (Å²) in [6.45, 7) is 5.22. The molecule has 1 N–H and O–H groups in total. The number of carbonyl (C=O) groups is 1. The van der Waals surface area contributed by atoms with Crippen molar-refractivity contribution in [1.29, 1.82) is 0 Å². The van der Waals surface area contributed by atoms with Crippen LogP contribution in [0.2, 0.25) is 0 Å². The van der Waals surface area contributed by atoms with E-state index in [1.807, 2.05) is 18.1 Å². The van der Waals surface area contributed by atoms with Crippen LogP contribution in [0.1, 0.15) is 13.8 Å². The van der Waals surface area contributed by atoms with E-state index >= 15 is 0 Å². The van der Waals surface area contributed by atoms with Gasteiger partial charge in [0.15, 0.2) is 0 Å². The van der Waals surface area contributed by atoms with E-state index in [0.29, 0.717) is 5.92 Å². The lowest BCUT2D eigenvalue weighted by Crippen LogP contribution is -2.55. The van der Waals surface area contributed by atoms with Crippen molar-refractivity contribution in [2.45, 2.75) is 20.0 Å². The van der Waals surface area contributed by atoms with Crippen molar-refractivity contribution in [3.63, 3.8) is 0 Å². The first kappa shape index (κ1) is 11.9. The second-order valence-corrected chi connectivity index (χ2v) is 5.01. The second kappa shape index (κ2) is 5.03.